The lowest BCUT2D eigenvalue weighted by atomic mass is 9.92. The molecule has 1 aromatic carbocycles. The van der Waals surface area contributed by atoms with E-state index in [-0.39, 0.29) is 12.5 Å². The van der Waals surface area contributed by atoms with E-state index in [2.05, 4.69) is 9.97 Å². The van der Waals surface area contributed by atoms with Crippen molar-refractivity contribution in [2.24, 2.45) is 5.92 Å². The number of hydrogen-bond acceptors (Lipinski definition) is 6. The molecule has 6 heteroatoms. The summed E-state index contributed by atoms with van der Waals surface area (Å²) in [5.41, 5.74) is 4.03. The first-order valence-corrected chi connectivity index (χ1v) is 9.14. The minimum absolute atomic E-state index is 0.0436. The molecule has 0 aliphatic rings. The van der Waals surface area contributed by atoms with Crippen LogP contribution in [0.5, 0.6) is 5.75 Å². The summed E-state index contributed by atoms with van der Waals surface area (Å²) in [7, 11) is 0. The van der Waals surface area contributed by atoms with Crippen molar-refractivity contribution in [2.75, 3.05) is 6.61 Å². The average molecular weight is 374 g/mol. The van der Waals surface area contributed by atoms with Crippen LogP contribution in [0.25, 0.3) is 10.9 Å². The normalized spacial score (nSPS) is 11.8. The van der Waals surface area contributed by atoms with Gasteiger partial charge >= 0.3 is 0 Å². The number of hydrogen-bond donors (Lipinski definition) is 2. The Labute approximate surface area is 164 Å². The number of pyridine rings is 2. The summed E-state index contributed by atoms with van der Waals surface area (Å²) in [6, 6.07) is 13.0. The summed E-state index contributed by atoms with van der Waals surface area (Å²) in [6.45, 7) is 4.15. The number of benzene rings is 1. The first-order chi connectivity index (χ1) is 13.5. The van der Waals surface area contributed by atoms with Crippen molar-refractivity contribution in [1.29, 1.82) is 10.7 Å². The molecule has 3 aromatic rings. The molecule has 1 atom stereocenters. The summed E-state index contributed by atoms with van der Waals surface area (Å²) in [4.78, 5) is 8.62. The Bertz CT molecular complexity index is 1030. The maximum Gasteiger partial charge on any atom is 0.140 e. The second-order valence-electron chi connectivity index (χ2n) is 6.64. The lowest BCUT2D eigenvalue weighted by Gasteiger charge is -2.16. The van der Waals surface area contributed by atoms with E-state index in [1.54, 1.807) is 12.3 Å². The zero-order valence-electron chi connectivity index (χ0n) is 15.9. The van der Waals surface area contributed by atoms with Crippen LogP contribution in [-0.2, 0) is 6.61 Å². The maximum absolute atomic E-state index is 9.56. The van der Waals surface area contributed by atoms with Crippen molar-refractivity contribution in [2.45, 2.75) is 26.9 Å². The average Bonchev–Trinajstić information content (AvgIpc) is 2.72. The molecule has 0 saturated heterocycles. The number of aryl methyl sites for hydroxylation is 1. The fourth-order valence-electron chi connectivity index (χ4n) is 3.04. The third-order valence-electron chi connectivity index (χ3n) is 4.67. The quantitative estimate of drug-likeness (QED) is 0.613. The molecule has 0 unspecified atom stereocenters. The van der Waals surface area contributed by atoms with E-state index < -0.39 is 0 Å². The number of fused-ring (bicyclic) bond motifs is 1. The van der Waals surface area contributed by atoms with Crippen LogP contribution >= 0.6 is 0 Å². The van der Waals surface area contributed by atoms with Crippen molar-refractivity contribution >= 4 is 16.6 Å². The van der Waals surface area contributed by atoms with Crippen molar-refractivity contribution in [3.05, 3.63) is 65.1 Å². The minimum atomic E-state index is -0.190. The summed E-state index contributed by atoms with van der Waals surface area (Å²) < 4.78 is 5.85. The fraction of sp³-hybridized carbons (Fsp3) is 0.273. The molecule has 28 heavy (non-hydrogen) atoms. The van der Waals surface area contributed by atoms with Gasteiger partial charge in [-0.15, -0.1) is 0 Å². The Hall–Kier alpha value is -3.30. The summed E-state index contributed by atoms with van der Waals surface area (Å²) in [5.74, 6) is 0.478. The van der Waals surface area contributed by atoms with E-state index in [4.69, 9.17) is 15.4 Å². The molecule has 0 spiro atoms. The smallest absolute Gasteiger partial charge is 0.140 e. The van der Waals surface area contributed by atoms with Gasteiger partial charge in [0.25, 0.3) is 0 Å². The lowest BCUT2D eigenvalue weighted by Crippen LogP contribution is -2.18. The Morgan fingerprint density at radius 3 is 2.75 bits per heavy atom. The fourth-order valence-corrected chi connectivity index (χ4v) is 3.04. The summed E-state index contributed by atoms with van der Waals surface area (Å²) >= 11 is 0. The number of nitrogens with zero attached hydrogens (tertiary/aromatic N) is 3. The molecular formula is C22H22N4O2. The first kappa shape index (κ1) is 19.5. The SMILES string of the molecule is CC[C@H](CO)C(=N)c1cc(C)nc2cc(OCc3ccc(C#N)nc3)ccc12. The van der Waals surface area contributed by atoms with Gasteiger partial charge < -0.3 is 15.3 Å². The first-order valence-electron chi connectivity index (χ1n) is 9.14. The van der Waals surface area contributed by atoms with Gasteiger partial charge in [0.1, 0.15) is 24.1 Å². The predicted molar refractivity (Wildman–Crippen MR) is 107 cm³/mol. The van der Waals surface area contributed by atoms with Crippen molar-refractivity contribution in [1.82, 2.24) is 9.97 Å². The third kappa shape index (κ3) is 4.16. The van der Waals surface area contributed by atoms with E-state index in [0.29, 0.717) is 30.2 Å². The number of rotatable bonds is 7. The van der Waals surface area contributed by atoms with Gasteiger partial charge in [-0.05, 0) is 37.6 Å². The number of ether oxygens (including phenoxy) is 1. The summed E-state index contributed by atoms with van der Waals surface area (Å²) in [6.07, 6.45) is 2.33. The molecule has 2 heterocycles. The second kappa shape index (κ2) is 8.59. The molecule has 142 valence electrons. The van der Waals surface area contributed by atoms with Crippen LogP contribution in [0.4, 0.5) is 0 Å². The van der Waals surface area contributed by atoms with Crippen LogP contribution in [0, 0.1) is 29.6 Å². The molecule has 0 bridgehead atoms. The van der Waals surface area contributed by atoms with Gasteiger partial charge in [-0.3, -0.25) is 4.98 Å². The number of nitrogens with one attached hydrogen (secondary N) is 1. The Kier molecular flexibility index (Phi) is 5.97. The van der Waals surface area contributed by atoms with Crippen LogP contribution in [0.1, 0.15) is 35.9 Å². The van der Waals surface area contributed by atoms with Gasteiger partial charge in [0, 0.05) is 46.1 Å². The highest BCUT2D eigenvalue weighted by atomic mass is 16.5. The number of aliphatic hydroxyl groups is 1. The molecule has 0 amide bonds. The van der Waals surface area contributed by atoms with Crippen molar-refractivity contribution in [3.63, 3.8) is 0 Å². The van der Waals surface area contributed by atoms with Crippen molar-refractivity contribution in [3.8, 4) is 11.8 Å². The molecule has 0 saturated carbocycles. The topological polar surface area (TPSA) is 103 Å². The van der Waals surface area contributed by atoms with E-state index in [9.17, 15) is 5.11 Å². The lowest BCUT2D eigenvalue weighted by molar-refractivity contribution is 0.258. The molecule has 2 aromatic heterocycles. The monoisotopic (exact) mass is 374 g/mol. The molecule has 2 N–H and O–H groups in total. The van der Waals surface area contributed by atoms with Gasteiger partial charge in [0.05, 0.1) is 12.1 Å². The maximum atomic E-state index is 9.56. The van der Waals surface area contributed by atoms with Crippen LogP contribution in [0.3, 0.4) is 0 Å². The van der Waals surface area contributed by atoms with Gasteiger partial charge in [-0.25, -0.2) is 4.98 Å². The Morgan fingerprint density at radius 1 is 1.29 bits per heavy atom. The number of aliphatic hydroxyl groups excluding tert-OH is 1. The van der Waals surface area contributed by atoms with E-state index >= 15 is 0 Å². The van der Waals surface area contributed by atoms with E-state index in [1.165, 1.54) is 0 Å². The van der Waals surface area contributed by atoms with Gasteiger partial charge in [-0.1, -0.05) is 13.0 Å². The predicted octanol–water partition coefficient (Wildman–Crippen LogP) is 3.78. The molecule has 6 nitrogen and oxygen atoms in total. The Morgan fingerprint density at radius 2 is 2.11 bits per heavy atom. The third-order valence-corrected chi connectivity index (χ3v) is 4.67. The number of nitriles is 1. The van der Waals surface area contributed by atoms with Crippen molar-refractivity contribution < 1.29 is 9.84 Å². The Balaban J connectivity index is 1.87. The largest absolute Gasteiger partial charge is 0.489 e. The van der Waals surface area contributed by atoms with Gasteiger partial charge in [-0.2, -0.15) is 5.26 Å². The highest BCUT2D eigenvalue weighted by molar-refractivity contribution is 6.10. The standard InChI is InChI=1S/C22H22N4O2/c1-3-16(12-27)22(24)20-8-14(2)26-21-9-18(6-7-19(20)21)28-13-15-4-5-17(10-23)25-11-15/h4-9,11,16,24,27H,3,12-13H2,1-2H3/t16-/m1/s1. The van der Waals surface area contributed by atoms with Gasteiger partial charge in [0.15, 0.2) is 0 Å². The van der Waals surface area contributed by atoms with Crippen LogP contribution in [0.2, 0.25) is 0 Å². The minimum Gasteiger partial charge on any atom is -0.489 e. The molecule has 0 fully saturated rings. The zero-order valence-corrected chi connectivity index (χ0v) is 15.9. The van der Waals surface area contributed by atoms with Gasteiger partial charge in [0.2, 0.25) is 0 Å². The molecule has 0 aliphatic carbocycles. The number of aromatic nitrogens is 2. The molecule has 0 radical (unpaired) electrons. The van der Waals surface area contributed by atoms with Crippen LogP contribution in [0.15, 0.2) is 42.6 Å². The molecule has 3 rings (SSSR count). The van der Waals surface area contributed by atoms with E-state index in [0.717, 1.165) is 27.7 Å². The highest BCUT2D eigenvalue weighted by Crippen LogP contribution is 2.26. The second-order valence-corrected chi connectivity index (χ2v) is 6.64. The molecule has 0 aliphatic heterocycles. The van der Waals surface area contributed by atoms with Crippen LogP contribution in [-0.4, -0.2) is 27.4 Å². The summed E-state index contributed by atoms with van der Waals surface area (Å²) in [5, 5.41) is 27.7. The zero-order chi connectivity index (χ0) is 20.1. The highest BCUT2D eigenvalue weighted by Gasteiger charge is 2.17. The van der Waals surface area contributed by atoms with Crippen LogP contribution < -0.4 is 4.74 Å². The molecular weight excluding hydrogens is 352 g/mol. The van der Waals surface area contributed by atoms with E-state index in [1.807, 2.05) is 50.2 Å².